The Kier molecular flexibility index (Phi) is 27.4. The van der Waals surface area contributed by atoms with Crippen LogP contribution in [0.25, 0.3) is 98.9 Å². The van der Waals surface area contributed by atoms with Crippen LogP contribution in [0.5, 0.6) is 0 Å². The number of benzene rings is 12. The molecule has 4 aliphatic carbocycles. The number of hydrogen-bond donors (Lipinski definition) is 0. The van der Waals surface area contributed by atoms with Gasteiger partial charge in [-0.3, -0.25) is 0 Å². The molecule has 0 bridgehead atoms. The number of aromatic nitrogens is 4. The van der Waals surface area contributed by atoms with Crippen LogP contribution in [0.2, 0.25) is 0 Å². The van der Waals surface area contributed by atoms with Gasteiger partial charge in [0.15, 0.2) is 0 Å². The summed E-state index contributed by atoms with van der Waals surface area (Å²) in [6.07, 6.45) is 10.9. The fourth-order valence-electron chi connectivity index (χ4n) is 18.2. The van der Waals surface area contributed by atoms with Crippen molar-refractivity contribution in [2.45, 2.75) is 0 Å². The van der Waals surface area contributed by atoms with Crippen molar-refractivity contribution in [3.63, 3.8) is 0 Å². The Labute approximate surface area is 874 Å². The Bertz CT molecular complexity index is 8920. The van der Waals surface area contributed by atoms with Crippen molar-refractivity contribution in [1.82, 2.24) is 19.9 Å². The van der Waals surface area contributed by atoms with Gasteiger partial charge in [0.05, 0.1) is 0 Å². The van der Waals surface area contributed by atoms with E-state index in [9.17, 15) is 39.8 Å². The molecule has 20 aromatic rings. The van der Waals surface area contributed by atoms with Gasteiger partial charge in [-0.25, -0.2) is 0 Å². The molecule has 0 spiro atoms. The summed E-state index contributed by atoms with van der Waals surface area (Å²) in [5, 5.41) is 35.2. The third-order valence-corrected chi connectivity index (χ3v) is 33.5. The first-order chi connectivity index (χ1) is 72.7. The molecule has 8 aromatic heterocycles. The molecule has 0 radical (unpaired) electrons. The van der Waals surface area contributed by atoms with Crippen LogP contribution in [0.1, 0.15) is 86.2 Å². The summed E-state index contributed by atoms with van der Waals surface area (Å²) < 4.78 is 8.20. The van der Waals surface area contributed by atoms with Crippen LogP contribution >= 0.6 is 0 Å². The van der Waals surface area contributed by atoms with Gasteiger partial charge in [0.25, 0.3) is 0 Å². The average molecular weight is 2170 g/mol. The van der Waals surface area contributed by atoms with Crippen molar-refractivity contribution in [3.05, 3.63) is 549 Å². The number of carbonyl (C=O) groups excluding carboxylic acids is 5. The Morgan fingerprint density at radius 2 is 0.527 bits per heavy atom. The van der Waals surface area contributed by atoms with Crippen LogP contribution in [0.4, 0.5) is 64.3 Å². The Hall–Kier alpha value is -19.1. The van der Waals surface area contributed by atoms with E-state index >= 15 is 0 Å². The minimum atomic E-state index is -0.197. The first-order valence-electron chi connectivity index (χ1n) is 46.5. The number of fused-ring (bicyclic) bond motifs is 8. The molecule has 0 aliphatic heterocycles. The molecular formula is C125H72N14O5Se4. The van der Waals surface area contributed by atoms with E-state index in [0.29, 0.717) is 77.9 Å². The molecule has 4 aliphatic rings. The van der Waals surface area contributed by atoms with Crippen LogP contribution in [0.3, 0.4) is 0 Å². The van der Waals surface area contributed by atoms with Gasteiger partial charge in [-0.1, -0.05) is 0 Å². The van der Waals surface area contributed by atoms with Gasteiger partial charge in [-0.05, 0) is 0 Å². The van der Waals surface area contributed by atoms with Gasteiger partial charge < -0.3 is 0 Å². The van der Waals surface area contributed by atoms with Gasteiger partial charge in [0.1, 0.15) is 0 Å². The first kappa shape index (κ1) is 95.2. The summed E-state index contributed by atoms with van der Waals surface area (Å²) in [5.74, 6) is 2.40. The number of para-hydroxylation sites is 5. The van der Waals surface area contributed by atoms with Crippen LogP contribution in [0.15, 0.2) is 452 Å². The molecule has 8 heterocycles. The third-order valence-electron chi connectivity index (χ3n) is 25.0. The van der Waals surface area contributed by atoms with Crippen LogP contribution in [0, 0.1) is 53.7 Å². The number of allylic oxidation sites excluding steroid dienone is 10. The molecule has 0 fully saturated rings. The molecular weight excluding hydrogens is 2090 g/mol. The maximum atomic E-state index is 13.3. The van der Waals surface area contributed by atoms with E-state index in [0.717, 1.165) is 120 Å². The van der Waals surface area contributed by atoms with Crippen molar-refractivity contribution in [2.24, 2.45) is 0 Å². The average Bonchev–Trinajstić information content (AvgIpc) is 1.62. The summed E-state index contributed by atoms with van der Waals surface area (Å²) in [6.45, 7) is 22.5. The predicted molar refractivity (Wildman–Crippen MR) is 590 cm³/mol. The van der Waals surface area contributed by atoms with Crippen molar-refractivity contribution in [3.8, 4) is 18.2 Å². The van der Waals surface area contributed by atoms with Crippen molar-refractivity contribution in [1.29, 1.82) is 15.8 Å². The van der Waals surface area contributed by atoms with Gasteiger partial charge in [-0.15, -0.1) is 0 Å². The minimum absolute atomic E-state index is 0.0665. The molecule has 0 N–H and O–H groups in total. The molecule has 0 amide bonds. The number of pyridine rings is 4. The zero-order valence-electron chi connectivity index (χ0n) is 78.0. The number of rotatable bonds is 16. The summed E-state index contributed by atoms with van der Waals surface area (Å²) >= 11 is -0.551. The number of nitriles is 3. The van der Waals surface area contributed by atoms with Gasteiger partial charge in [0.2, 0.25) is 0 Å². The number of carbonyl (C=O) groups is 5. The van der Waals surface area contributed by atoms with Gasteiger partial charge in [-0.2, -0.15) is 0 Å². The normalized spacial score (nSPS) is 14.2. The molecule has 0 saturated heterocycles. The zero-order valence-corrected chi connectivity index (χ0v) is 84.9. The van der Waals surface area contributed by atoms with Crippen molar-refractivity contribution in [2.75, 3.05) is 19.6 Å². The number of anilines is 12. The van der Waals surface area contributed by atoms with Crippen LogP contribution in [-0.4, -0.2) is 107 Å². The van der Waals surface area contributed by atoms with E-state index in [1.54, 1.807) is 73.1 Å². The molecule has 0 saturated carbocycles. The molecule has 148 heavy (non-hydrogen) atoms. The molecule has 12 aromatic carbocycles. The van der Waals surface area contributed by atoms with E-state index in [4.69, 9.17) is 29.7 Å². The molecule has 0 atom stereocenters. The van der Waals surface area contributed by atoms with Crippen molar-refractivity contribution < 1.29 is 24.0 Å². The second kappa shape index (κ2) is 42.6. The number of Topliss-reactive ketones (excluding diaryl/α,β-unsaturated/α-hetero) is 5. The monoisotopic (exact) mass is 2170 g/mol. The Morgan fingerprint density at radius 1 is 0.250 bits per heavy atom. The second-order valence-electron chi connectivity index (χ2n) is 33.8. The van der Waals surface area contributed by atoms with Crippen molar-refractivity contribution >= 4 is 236 Å². The maximum absolute atomic E-state index is 13.3. The van der Waals surface area contributed by atoms with E-state index < -0.39 is 0 Å². The summed E-state index contributed by atoms with van der Waals surface area (Å²) in [7, 11) is 0. The van der Waals surface area contributed by atoms with E-state index in [-0.39, 0.29) is 110 Å². The zero-order chi connectivity index (χ0) is 101. The Morgan fingerprint density at radius 3 is 0.865 bits per heavy atom. The summed E-state index contributed by atoms with van der Waals surface area (Å²) in [5.41, 5.74) is 12.8. The molecule has 696 valence electrons. The molecule has 0 unspecified atom stereocenters. The molecule has 23 heteroatoms. The number of nitrogens with zero attached hydrogens (tertiary/aromatic N) is 14. The Balaban J connectivity index is 0.000000116. The summed E-state index contributed by atoms with van der Waals surface area (Å²) in [4.78, 5) is 104. The van der Waals surface area contributed by atoms with E-state index in [1.807, 2.05) is 291 Å². The quantitative estimate of drug-likeness (QED) is 0.0287. The molecule has 19 nitrogen and oxygen atoms in total. The third kappa shape index (κ3) is 19.1. The van der Waals surface area contributed by atoms with E-state index in [2.05, 4.69) is 135 Å². The number of ketones is 5. The van der Waals surface area contributed by atoms with Gasteiger partial charge >= 0.3 is 882 Å². The van der Waals surface area contributed by atoms with Crippen LogP contribution < -0.4 is 19.6 Å². The summed E-state index contributed by atoms with van der Waals surface area (Å²) in [6, 6.07) is 136. The topological polar surface area (TPSA) is 234 Å². The number of hydrogen-bond acceptors (Lipinski definition) is 16. The second-order valence-corrected chi connectivity index (χ2v) is 43.0. The SMILES string of the molecule is O=C1C(=Cc2ccc(N(c3ccccc3)c3ccc4ccccc4n3)[se]2)C(=O)c2cc3ccccc3cc21.[C-]#[N+]/C(C#N)=C1\C(=C/c2ccc(N(c3ccc4ccccc4c3)c3ccccn3)[se]2)C(=O)c2ccccc21.[C-]#[N+]/C(C#N)=C1\C(=C/c2ccc(N(c3ccccc3)c3ccc4ccccc4n3)[se]2)C(=O)c2ccccc21.[C-]#[N+]/C(C#N)=C1\C(=C/c2ccc(N(c3ccccc3)c3ccccn3)[se]2)C(=O)c2ccccc21. The first-order valence-corrected chi connectivity index (χ1v) is 53.3. The van der Waals surface area contributed by atoms with Crippen LogP contribution in [-0.2, 0) is 0 Å². The predicted octanol–water partition coefficient (Wildman–Crippen LogP) is 27.8. The van der Waals surface area contributed by atoms with Gasteiger partial charge in [0, 0.05) is 0 Å². The molecule has 24 rings (SSSR count). The standard InChI is InChI=1S/C33H20N2O2Se.2C32H18N4OSe.C28H16N4OSe/c36-32-26-18-22-9-4-5-10-23(22)19-27(26)33(37)28(32)20-25-15-17-31(38-25)35(24-11-2-1-3-12-24)30-16-14-21-8-6-7-13-29(21)34-30;1-34-28(20-33)31-25-10-4-5-11-26(25)32(37)27(31)19-24-15-16-30(38-24)36(29-12-6-7-17-35-29)23-14-13-21-8-2-3-9-22(21)18-23;1-34-28(20-33)31-24-12-6-7-13-25(24)32(37)26(31)19-23-16-18-30(38-23)36(22-10-3-2-4-11-22)29-17-15-21-9-5-8-14-27(21)35-29;1-30-24(18-29)27-21-11-5-6-12-22(21)28(33)23(27)17-20-14-15-26(34-20)32(19-9-3-2-4-10-19)25-13-7-8-16-31-25/h1-20H;2*2-19H;2-17H/b;27-19+,31-28-;26-19+,31-28-;23-17+,27-24-. The van der Waals surface area contributed by atoms with E-state index in [1.165, 1.54) is 5.39 Å². The fraction of sp³-hybridized carbons (Fsp3) is 0. The fourth-order valence-corrected chi connectivity index (χ4v) is 26.5.